The molecule has 2 rings (SSSR count). The molecule has 124 valence electrons. The molecule has 6 nitrogen and oxygen atoms in total. The van der Waals surface area contributed by atoms with Crippen molar-refractivity contribution in [2.45, 2.75) is 6.61 Å². The minimum atomic E-state index is -0.659. The minimum Gasteiger partial charge on any atom is -0.496 e. The van der Waals surface area contributed by atoms with Crippen LogP contribution >= 0.6 is 0 Å². The number of ether oxygens (including phenoxy) is 2. The number of nitro groups is 1. The third-order valence-electron chi connectivity index (χ3n) is 3.11. The molecule has 0 unspecified atom stereocenters. The minimum absolute atomic E-state index is 0.128. The number of nitro benzene ring substituents is 1. The summed E-state index contributed by atoms with van der Waals surface area (Å²) in [4.78, 5) is 22.0. The van der Waals surface area contributed by atoms with Crippen LogP contribution in [0.25, 0.3) is 6.08 Å². The van der Waals surface area contributed by atoms with Crippen LogP contribution in [0.5, 0.6) is 5.75 Å². The van der Waals surface area contributed by atoms with Crippen molar-refractivity contribution in [2.24, 2.45) is 0 Å². The lowest BCUT2D eigenvalue weighted by atomic mass is 10.2. The lowest BCUT2D eigenvalue weighted by Crippen LogP contribution is -2.03. The standard InChI is InChI=1S/C17H14FNO5/c1-23-16-7-6-15(19(21)22)10-13(16)11-24-17(20)8-5-12-3-2-4-14(18)9-12/h2-10H,11H2,1H3/b8-5+. The molecule has 0 atom stereocenters. The van der Waals surface area contributed by atoms with E-state index >= 15 is 0 Å². The molecule has 0 spiro atoms. The molecule has 7 heteroatoms. The van der Waals surface area contributed by atoms with E-state index in [1.165, 1.54) is 49.6 Å². The first-order valence-electron chi connectivity index (χ1n) is 6.91. The third kappa shape index (κ3) is 4.64. The van der Waals surface area contributed by atoms with E-state index in [1.54, 1.807) is 6.07 Å². The summed E-state index contributed by atoms with van der Waals surface area (Å²) in [5.41, 5.74) is 0.760. The van der Waals surface area contributed by atoms with Gasteiger partial charge in [0, 0.05) is 23.8 Å². The van der Waals surface area contributed by atoms with Crippen molar-refractivity contribution in [2.75, 3.05) is 7.11 Å². The number of hydrogen-bond donors (Lipinski definition) is 0. The van der Waals surface area contributed by atoms with E-state index in [1.807, 2.05) is 0 Å². The Morgan fingerprint density at radius 3 is 2.75 bits per heavy atom. The third-order valence-corrected chi connectivity index (χ3v) is 3.11. The Morgan fingerprint density at radius 1 is 1.29 bits per heavy atom. The maximum Gasteiger partial charge on any atom is 0.331 e. The molecule has 0 heterocycles. The number of halogens is 1. The van der Waals surface area contributed by atoms with Crippen molar-refractivity contribution in [3.8, 4) is 5.75 Å². The molecule has 2 aromatic carbocycles. The summed E-state index contributed by atoms with van der Waals surface area (Å²) in [6.07, 6.45) is 2.56. The summed E-state index contributed by atoms with van der Waals surface area (Å²) >= 11 is 0. The monoisotopic (exact) mass is 331 g/mol. The summed E-state index contributed by atoms with van der Waals surface area (Å²) in [5, 5.41) is 10.8. The number of rotatable bonds is 6. The van der Waals surface area contributed by atoms with Gasteiger partial charge in [-0.05, 0) is 29.8 Å². The second-order valence-corrected chi connectivity index (χ2v) is 4.75. The van der Waals surface area contributed by atoms with Gasteiger partial charge in [-0.3, -0.25) is 10.1 Å². The number of non-ortho nitro benzene ring substituents is 1. The molecule has 0 fully saturated rings. The first-order chi connectivity index (χ1) is 11.5. The van der Waals surface area contributed by atoms with Crippen molar-refractivity contribution < 1.29 is 23.6 Å². The Hall–Kier alpha value is -3.22. The largest absolute Gasteiger partial charge is 0.496 e. The number of carbonyl (C=O) groups is 1. The number of carbonyl (C=O) groups excluding carboxylic acids is 1. The van der Waals surface area contributed by atoms with Gasteiger partial charge in [0.25, 0.3) is 5.69 Å². The van der Waals surface area contributed by atoms with Crippen LogP contribution in [-0.2, 0) is 16.1 Å². The summed E-state index contributed by atoms with van der Waals surface area (Å²) in [6.45, 7) is -0.183. The molecular formula is C17H14FNO5. The Balaban J connectivity index is 2.03. The van der Waals surface area contributed by atoms with Crippen LogP contribution in [0.1, 0.15) is 11.1 Å². The van der Waals surface area contributed by atoms with Gasteiger partial charge in [0.2, 0.25) is 0 Å². The van der Waals surface area contributed by atoms with E-state index in [9.17, 15) is 19.3 Å². The van der Waals surface area contributed by atoms with Gasteiger partial charge in [-0.25, -0.2) is 9.18 Å². The van der Waals surface area contributed by atoms with Crippen LogP contribution in [-0.4, -0.2) is 18.0 Å². The molecule has 2 aromatic rings. The first kappa shape index (κ1) is 17.1. The molecular weight excluding hydrogens is 317 g/mol. The quantitative estimate of drug-likeness (QED) is 0.350. The van der Waals surface area contributed by atoms with Crippen LogP contribution < -0.4 is 4.74 Å². The molecule has 0 aliphatic rings. The van der Waals surface area contributed by atoms with Gasteiger partial charge in [0.15, 0.2) is 0 Å². The fourth-order valence-corrected chi connectivity index (χ4v) is 1.96. The SMILES string of the molecule is COc1ccc([N+](=O)[O-])cc1COC(=O)/C=C/c1cccc(F)c1. The van der Waals surface area contributed by atoms with E-state index in [4.69, 9.17) is 9.47 Å². The number of benzene rings is 2. The highest BCUT2D eigenvalue weighted by molar-refractivity contribution is 5.87. The second kappa shape index (κ2) is 7.87. The maximum atomic E-state index is 13.0. The van der Waals surface area contributed by atoms with E-state index < -0.39 is 16.7 Å². The second-order valence-electron chi connectivity index (χ2n) is 4.75. The molecule has 0 aliphatic heterocycles. The predicted octanol–water partition coefficient (Wildman–Crippen LogP) is 3.50. The molecule has 0 bridgehead atoms. The number of hydrogen-bond acceptors (Lipinski definition) is 5. The number of nitrogens with zero attached hydrogens (tertiary/aromatic N) is 1. The van der Waals surface area contributed by atoms with E-state index in [0.29, 0.717) is 16.9 Å². The average Bonchev–Trinajstić information content (AvgIpc) is 2.57. The summed E-state index contributed by atoms with van der Waals surface area (Å²) < 4.78 is 23.1. The summed E-state index contributed by atoms with van der Waals surface area (Å²) in [5.74, 6) is -0.692. The Kier molecular flexibility index (Phi) is 5.62. The molecule has 0 saturated carbocycles. The van der Waals surface area contributed by atoms with Crippen molar-refractivity contribution in [3.63, 3.8) is 0 Å². The summed E-state index contributed by atoms with van der Waals surface area (Å²) in [7, 11) is 1.41. The first-order valence-corrected chi connectivity index (χ1v) is 6.91. The van der Waals surface area contributed by atoms with Gasteiger partial charge in [-0.1, -0.05) is 12.1 Å². The van der Waals surface area contributed by atoms with E-state index in [2.05, 4.69) is 0 Å². The molecule has 0 saturated heterocycles. The van der Waals surface area contributed by atoms with E-state index in [0.717, 1.165) is 6.08 Å². The molecule has 0 aliphatic carbocycles. The molecule has 0 N–H and O–H groups in total. The van der Waals surface area contributed by atoms with Gasteiger partial charge in [-0.2, -0.15) is 0 Å². The summed E-state index contributed by atoms with van der Waals surface area (Å²) in [6, 6.07) is 9.74. The van der Waals surface area contributed by atoms with Crippen molar-refractivity contribution in [3.05, 3.63) is 75.6 Å². The zero-order valence-corrected chi connectivity index (χ0v) is 12.8. The molecule has 24 heavy (non-hydrogen) atoms. The maximum absolute atomic E-state index is 13.0. The van der Waals surface area contributed by atoms with Gasteiger partial charge < -0.3 is 9.47 Å². The Labute approximate surface area is 137 Å². The van der Waals surface area contributed by atoms with Gasteiger partial charge in [-0.15, -0.1) is 0 Å². The van der Waals surface area contributed by atoms with Crippen LogP contribution in [0.4, 0.5) is 10.1 Å². The zero-order valence-electron chi connectivity index (χ0n) is 12.8. The lowest BCUT2D eigenvalue weighted by molar-refractivity contribution is -0.385. The van der Waals surface area contributed by atoms with E-state index in [-0.39, 0.29) is 12.3 Å². The van der Waals surface area contributed by atoms with Crippen LogP contribution in [0.2, 0.25) is 0 Å². The highest BCUT2D eigenvalue weighted by Gasteiger charge is 2.12. The smallest absolute Gasteiger partial charge is 0.331 e. The normalized spacial score (nSPS) is 10.6. The van der Waals surface area contributed by atoms with Crippen molar-refractivity contribution >= 4 is 17.7 Å². The van der Waals surface area contributed by atoms with Crippen LogP contribution in [0, 0.1) is 15.9 Å². The highest BCUT2D eigenvalue weighted by atomic mass is 19.1. The highest BCUT2D eigenvalue weighted by Crippen LogP contribution is 2.24. The topological polar surface area (TPSA) is 78.7 Å². The Morgan fingerprint density at radius 2 is 2.08 bits per heavy atom. The Bertz CT molecular complexity index is 788. The van der Waals surface area contributed by atoms with Gasteiger partial charge in [0.05, 0.1) is 12.0 Å². The van der Waals surface area contributed by atoms with Crippen molar-refractivity contribution in [1.82, 2.24) is 0 Å². The molecule has 0 radical (unpaired) electrons. The number of methoxy groups -OCH3 is 1. The molecule has 0 aromatic heterocycles. The van der Waals surface area contributed by atoms with Gasteiger partial charge in [0.1, 0.15) is 18.2 Å². The van der Waals surface area contributed by atoms with Crippen LogP contribution in [0.3, 0.4) is 0 Å². The lowest BCUT2D eigenvalue weighted by Gasteiger charge is -2.08. The predicted molar refractivity (Wildman–Crippen MR) is 84.9 cm³/mol. The average molecular weight is 331 g/mol. The molecule has 0 amide bonds. The number of esters is 1. The fourth-order valence-electron chi connectivity index (χ4n) is 1.96. The van der Waals surface area contributed by atoms with Crippen molar-refractivity contribution in [1.29, 1.82) is 0 Å². The van der Waals surface area contributed by atoms with Gasteiger partial charge >= 0.3 is 5.97 Å². The fraction of sp³-hybridized carbons (Fsp3) is 0.118. The zero-order chi connectivity index (χ0) is 17.5. The van der Waals surface area contributed by atoms with Crippen LogP contribution in [0.15, 0.2) is 48.5 Å².